The van der Waals surface area contributed by atoms with Gasteiger partial charge in [0.2, 0.25) is 21.8 Å². The Labute approximate surface area is 145 Å². The normalized spacial score (nSPS) is 18.2. The molecule has 0 N–H and O–H groups in total. The summed E-state index contributed by atoms with van der Waals surface area (Å²) < 4.78 is 50.7. The van der Waals surface area contributed by atoms with Gasteiger partial charge >= 0.3 is 0 Å². The second-order valence-corrected chi connectivity index (χ2v) is 7.60. The van der Waals surface area contributed by atoms with Gasteiger partial charge in [0.25, 0.3) is 0 Å². The molecule has 2 aromatic rings. The van der Waals surface area contributed by atoms with Crippen LogP contribution in [0.25, 0.3) is 0 Å². The third-order valence-corrected chi connectivity index (χ3v) is 5.68. The zero-order chi connectivity index (χ0) is 17.9. The molecule has 1 fully saturated rings. The van der Waals surface area contributed by atoms with E-state index < -0.39 is 15.8 Å². The van der Waals surface area contributed by atoms with Crippen LogP contribution in [0, 0.1) is 5.82 Å². The number of benzene rings is 1. The van der Waals surface area contributed by atoms with Crippen molar-refractivity contribution in [3.05, 3.63) is 48.0 Å². The Morgan fingerprint density at radius 1 is 1.28 bits per heavy atom. The molecule has 1 unspecified atom stereocenters. The quantitative estimate of drug-likeness (QED) is 0.772. The summed E-state index contributed by atoms with van der Waals surface area (Å²) >= 11 is 0. The summed E-state index contributed by atoms with van der Waals surface area (Å²) in [6, 6.07) is 5.87. The maximum absolute atomic E-state index is 13.7. The van der Waals surface area contributed by atoms with E-state index >= 15 is 0 Å². The molecule has 1 atom stereocenters. The van der Waals surface area contributed by atoms with Gasteiger partial charge in [-0.25, -0.2) is 12.8 Å². The number of rotatable bonds is 6. The number of halogens is 1. The number of nitrogens with zero attached hydrogens (tertiary/aromatic N) is 3. The van der Waals surface area contributed by atoms with E-state index in [2.05, 4.69) is 9.97 Å². The van der Waals surface area contributed by atoms with Gasteiger partial charge in [-0.3, -0.25) is 4.98 Å². The van der Waals surface area contributed by atoms with E-state index in [0.717, 1.165) is 0 Å². The first-order valence-electron chi connectivity index (χ1n) is 7.72. The molecule has 1 aliphatic rings. The van der Waals surface area contributed by atoms with E-state index in [4.69, 9.17) is 9.47 Å². The average Bonchev–Trinajstić information content (AvgIpc) is 3.06. The van der Waals surface area contributed by atoms with Crippen molar-refractivity contribution in [2.24, 2.45) is 0 Å². The molecule has 0 aliphatic carbocycles. The fourth-order valence-electron chi connectivity index (χ4n) is 2.61. The predicted octanol–water partition coefficient (Wildman–Crippen LogP) is 1.61. The minimum atomic E-state index is -3.62. The molecule has 1 saturated heterocycles. The van der Waals surface area contributed by atoms with Crippen molar-refractivity contribution >= 4 is 10.0 Å². The van der Waals surface area contributed by atoms with Crippen molar-refractivity contribution in [2.75, 3.05) is 20.2 Å². The van der Waals surface area contributed by atoms with E-state index in [1.54, 1.807) is 6.07 Å². The minimum absolute atomic E-state index is 0.158. The second-order valence-electron chi connectivity index (χ2n) is 5.63. The Balaban J connectivity index is 1.64. The number of aromatic nitrogens is 2. The van der Waals surface area contributed by atoms with Gasteiger partial charge in [-0.15, -0.1) is 0 Å². The predicted molar refractivity (Wildman–Crippen MR) is 88.2 cm³/mol. The number of ether oxygens (including phenoxy) is 2. The smallest absolute Gasteiger partial charge is 0.235 e. The highest BCUT2D eigenvalue weighted by Crippen LogP contribution is 2.22. The highest BCUT2D eigenvalue weighted by Gasteiger charge is 2.33. The van der Waals surface area contributed by atoms with Crippen LogP contribution in [-0.4, -0.2) is 49.0 Å². The zero-order valence-electron chi connectivity index (χ0n) is 13.6. The number of hydrogen-bond acceptors (Lipinski definition) is 6. The standard InChI is InChI=1S/C16H18FN3O4S/c1-23-15-8-18-9-16(19-15)24-13-6-7-20(10-13)25(21,22)11-12-4-2-3-5-14(12)17/h2-5,8-9,13H,6-7,10-11H2,1H3. The lowest BCUT2D eigenvalue weighted by atomic mass is 10.2. The first kappa shape index (κ1) is 17.6. The van der Waals surface area contributed by atoms with Gasteiger partial charge in [0.1, 0.15) is 11.9 Å². The van der Waals surface area contributed by atoms with Gasteiger partial charge < -0.3 is 9.47 Å². The monoisotopic (exact) mass is 367 g/mol. The first-order valence-corrected chi connectivity index (χ1v) is 9.33. The van der Waals surface area contributed by atoms with Crippen LogP contribution in [0.1, 0.15) is 12.0 Å². The largest absolute Gasteiger partial charge is 0.480 e. The topological polar surface area (TPSA) is 81.6 Å². The van der Waals surface area contributed by atoms with Crippen LogP contribution in [-0.2, 0) is 15.8 Å². The van der Waals surface area contributed by atoms with Crippen molar-refractivity contribution in [3.63, 3.8) is 0 Å². The van der Waals surface area contributed by atoms with Crippen molar-refractivity contribution in [2.45, 2.75) is 18.3 Å². The molecule has 0 spiro atoms. The van der Waals surface area contributed by atoms with Crippen molar-refractivity contribution in [1.82, 2.24) is 14.3 Å². The fourth-order valence-corrected chi connectivity index (χ4v) is 4.19. The Morgan fingerprint density at radius 2 is 2.04 bits per heavy atom. The van der Waals surface area contributed by atoms with Gasteiger partial charge in [0, 0.05) is 12.1 Å². The molecule has 0 saturated carbocycles. The molecular weight excluding hydrogens is 349 g/mol. The molecular formula is C16H18FN3O4S. The van der Waals surface area contributed by atoms with Gasteiger partial charge in [0.05, 0.1) is 31.8 Å². The molecule has 1 aliphatic heterocycles. The van der Waals surface area contributed by atoms with E-state index in [1.807, 2.05) is 0 Å². The van der Waals surface area contributed by atoms with Crippen molar-refractivity contribution < 1.29 is 22.3 Å². The fraction of sp³-hybridized carbons (Fsp3) is 0.375. The number of hydrogen-bond donors (Lipinski definition) is 0. The minimum Gasteiger partial charge on any atom is -0.480 e. The highest BCUT2D eigenvalue weighted by atomic mass is 32.2. The first-order chi connectivity index (χ1) is 12.0. The summed E-state index contributed by atoms with van der Waals surface area (Å²) in [4.78, 5) is 8.04. The molecule has 2 heterocycles. The Hall–Kier alpha value is -2.26. The Kier molecular flexibility index (Phi) is 5.14. The molecule has 1 aromatic carbocycles. The average molecular weight is 367 g/mol. The number of sulfonamides is 1. The lowest BCUT2D eigenvalue weighted by molar-refractivity contribution is 0.203. The zero-order valence-corrected chi connectivity index (χ0v) is 14.4. The van der Waals surface area contributed by atoms with Crippen LogP contribution in [0.3, 0.4) is 0 Å². The molecule has 0 amide bonds. The van der Waals surface area contributed by atoms with Crippen molar-refractivity contribution in [1.29, 1.82) is 0 Å². The highest BCUT2D eigenvalue weighted by molar-refractivity contribution is 7.88. The van der Waals surface area contributed by atoms with E-state index in [1.165, 1.54) is 42.0 Å². The maximum Gasteiger partial charge on any atom is 0.235 e. The molecule has 0 bridgehead atoms. The van der Waals surface area contributed by atoms with Crippen molar-refractivity contribution in [3.8, 4) is 11.8 Å². The third kappa shape index (κ3) is 4.23. The van der Waals surface area contributed by atoms with E-state index in [9.17, 15) is 12.8 Å². The van der Waals surface area contributed by atoms with Crippen LogP contribution in [0.4, 0.5) is 4.39 Å². The van der Waals surface area contributed by atoms with Gasteiger partial charge in [0.15, 0.2) is 0 Å². The summed E-state index contributed by atoms with van der Waals surface area (Å²) in [6.45, 7) is 0.508. The molecule has 1 aromatic heterocycles. The van der Waals surface area contributed by atoms with Crippen LogP contribution < -0.4 is 9.47 Å². The Morgan fingerprint density at radius 3 is 2.80 bits per heavy atom. The summed E-state index contributed by atoms with van der Waals surface area (Å²) in [6.07, 6.45) is 3.08. The molecule has 0 radical (unpaired) electrons. The third-order valence-electron chi connectivity index (χ3n) is 3.88. The molecule has 3 rings (SSSR count). The van der Waals surface area contributed by atoms with Crippen LogP contribution in [0.15, 0.2) is 36.7 Å². The Bertz CT molecular complexity index is 847. The van der Waals surface area contributed by atoms with E-state index in [0.29, 0.717) is 18.8 Å². The van der Waals surface area contributed by atoms with E-state index in [-0.39, 0.29) is 29.8 Å². The molecule has 9 heteroatoms. The van der Waals surface area contributed by atoms with Crippen LogP contribution >= 0.6 is 0 Å². The molecule has 7 nitrogen and oxygen atoms in total. The van der Waals surface area contributed by atoms with Crippen LogP contribution in [0.2, 0.25) is 0 Å². The second kappa shape index (κ2) is 7.32. The van der Waals surface area contributed by atoms with Gasteiger partial charge in [-0.05, 0) is 12.5 Å². The molecule has 25 heavy (non-hydrogen) atoms. The number of methoxy groups -OCH3 is 1. The molecule has 134 valence electrons. The summed E-state index contributed by atoms with van der Waals surface area (Å²) in [5.41, 5.74) is 0.158. The lowest BCUT2D eigenvalue weighted by Gasteiger charge is -2.17. The maximum atomic E-state index is 13.7. The summed E-state index contributed by atoms with van der Waals surface area (Å²) in [7, 11) is -2.15. The lowest BCUT2D eigenvalue weighted by Crippen LogP contribution is -2.32. The van der Waals surface area contributed by atoms with Gasteiger partial charge in [-0.1, -0.05) is 18.2 Å². The van der Waals surface area contributed by atoms with Crippen LogP contribution in [0.5, 0.6) is 11.8 Å². The van der Waals surface area contributed by atoms with Gasteiger partial charge in [-0.2, -0.15) is 9.29 Å². The summed E-state index contributed by atoms with van der Waals surface area (Å²) in [5.74, 6) is -0.298. The SMILES string of the molecule is COc1cncc(OC2CCN(S(=O)(=O)Cc3ccccc3F)C2)n1. The summed E-state index contributed by atoms with van der Waals surface area (Å²) in [5, 5.41) is 0.